The van der Waals surface area contributed by atoms with E-state index < -0.39 is 0 Å². The number of aliphatic imine (C=N–C) groups is 1. The Kier molecular flexibility index (Phi) is 9.48. The van der Waals surface area contributed by atoms with Gasteiger partial charge in [0.2, 0.25) is 5.89 Å². The highest BCUT2D eigenvalue weighted by Gasteiger charge is 2.04. The first kappa shape index (κ1) is 21.4. The number of aryl methyl sites for hydroxylation is 2. The van der Waals surface area contributed by atoms with Crippen molar-refractivity contribution in [2.75, 3.05) is 13.6 Å². The summed E-state index contributed by atoms with van der Waals surface area (Å²) in [5.74, 6) is 2.52. The molecule has 25 heavy (non-hydrogen) atoms. The lowest BCUT2D eigenvalue weighted by Gasteiger charge is -2.11. The van der Waals surface area contributed by atoms with Gasteiger partial charge in [-0.2, -0.15) is 4.98 Å². The number of rotatable bonds is 7. The summed E-state index contributed by atoms with van der Waals surface area (Å²) >= 11 is 0. The number of nitrogens with zero attached hydrogens (tertiary/aromatic N) is 3. The summed E-state index contributed by atoms with van der Waals surface area (Å²) in [7, 11) is 1.75. The van der Waals surface area contributed by atoms with Gasteiger partial charge in [-0.05, 0) is 29.9 Å². The number of benzene rings is 1. The van der Waals surface area contributed by atoms with E-state index in [0.717, 1.165) is 25.3 Å². The minimum atomic E-state index is 0. The van der Waals surface area contributed by atoms with Crippen LogP contribution < -0.4 is 10.6 Å². The van der Waals surface area contributed by atoms with Gasteiger partial charge in [0.15, 0.2) is 11.8 Å². The average molecular weight is 457 g/mol. The van der Waals surface area contributed by atoms with E-state index in [1.165, 1.54) is 11.1 Å². The Hall–Kier alpha value is -1.64. The predicted molar refractivity (Wildman–Crippen MR) is 112 cm³/mol. The lowest BCUT2D eigenvalue weighted by Crippen LogP contribution is -2.37. The predicted octanol–water partition coefficient (Wildman–Crippen LogP) is 3.42. The molecule has 0 fully saturated rings. The third-order valence-electron chi connectivity index (χ3n) is 3.79. The van der Waals surface area contributed by atoms with Gasteiger partial charge in [0.25, 0.3) is 0 Å². The molecule has 0 amide bonds. The third kappa shape index (κ3) is 7.41. The summed E-state index contributed by atoms with van der Waals surface area (Å²) in [5.41, 5.74) is 2.75. The Balaban J connectivity index is 0.00000312. The van der Waals surface area contributed by atoms with Crippen molar-refractivity contribution in [3.8, 4) is 0 Å². The highest BCUT2D eigenvalue weighted by Crippen LogP contribution is 2.15. The second kappa shape index (κ2) is 11.1. The largest absolute Gasteiger partial charge is 0.356 e. The van der Waals surface area contributed by atoms with E-state index in [0.29, 0.717) is 24.2 Å². The van der Waals surface area contributed by atoms with Gasteiger partial charge in [-0.25, -0.2) is 0 Å². The summed E-state index contributed by atoms with van der Waals surface area (Å²) in [4.78, 5) is 8.34. The van der Waals surface area contributed by atoms with Gasteiger partial charge in [0, 0.05) is 20.5 Å². The summed E-state index contributed by atoms with van der Waals surface area (Å²) < 4.78 is 4.94. The molecule has 138 valence electrons. The van der Waals surface area contributed by atoms with E-state index in [2.05, 4.69) is 63.9 Å². The molecule has 0 radical (unpaired) electrons. The van der Waals surface area contributed by atoms with Gasteiger partial charge in [0.05, 0.1) is 6.54 Å². The first-order valence-corrected chi connectivity index (χ1v) is 8.41. The minimum absolute atomic E-state index is 0. The number of guanidine groups is 1. The second-order valence-electron chi connectivity index (χ2n) is 6.08. The zero-order valence-electron chi connectivity index (χ0n) is 15.4. The van der Waals surface area contributed by atoms with Crippen LogP contribution in [-0.2, 0) is 13.0 Å². The van der Waals surface area contributed by atoms with Crippen molar-refractivity contribution in [2.24, 2.45) is 4.99 Å². The molecule has 1 aromatic carbocycles. The van der Waals surface area contributed by atoms with Crippen LogP contribution in [0.15, 0.2) is 33.8 Å². The molecular formula is C18H28IN5O. The van der Waals surface area contributed by atoms with Gasteiger partial charge in [-0.15, -0.1) is 24.0 Å². The van der Waals surface area contributed by atoms with E-state index >= 15 is 0 Å². The quantitative estimate of drug-likeness (QED) is 0.289. The molecule has 2 N–H and O–H groups in total. The van der Waals surface area contributed by atoms with E-state index in [9.17, 15) is 0 Å². The Morgan fingerprint density at radius 2 is 1.92 bits per heavy atom. The Bertz CT molecular complexity index is 652. The zero-order valence-corrected chi connectivity index (χ0v) is 17.7. The lowest BCUT2D eigenvalue weighted by molar-refractivity contribution is 0.387. The van der Waals surface area contributed by atoms with Gasteiger partial charge in [0.1, 0.15) is 0 Å². The smallest absolute Gasteiger partial charge is 0.223 e. The van der Waals surface area contributed by atoms with Gasteiger partial charge in [-0.1, -0.05) is 43.3 Å². The number of aromatic nitrogens is 2. The highest BCUT2D eigenvalue weighted by atomic mass is 127. The molecule has 0 aliphatic heterocycles. The van der Waals surface area contributed by atoms with Crippen LogP contribution in [0.4, 0.5) is 0 Å². The SMILES string of the molecule is CN=C(NCCCc1ccc(C(C)C)cc1)NCc1noc(C)n1.I. The van der Waals surface area contributed by atoms with Crippen molar-refractivity contribution >= 4 is 29.9 Å². The van der Waals surface area contributed by atoms with Crippen LogP contribution in [-0.4, -0.2) is 29.7 Å². The van der Waals surface area contributed by atoms with E-state index in [1.807, 2.05) is 0 Å². The van der Waals surface area contributed by atoms with Gasteiger partial charge in [-0.3, -0.25) is 4.99 Å². The number of nitrogens with one attached hydrogen (secondary N) is 2. The molecule has 0 bridgehead atoms. The molecule has 2 aromatic rings. The van der Waals surface area contributed by atoms with Crippen LogP contribution >= 0.6 is 24.0 Å². The fraction of sp³-hybridized carbons (Fsp3) is 0.500. The second-order valence-corrected chi connectivity index (χ2v) is 6.08. The fourth-order valence-corrected chi connectivity index (χ4v) is 2.37. The van der Waals surface area contributed by atoms with Crippen LogP contribution in [0, 0.1) is 6.92 Å². The Morgan fingerprint density at radius 3 is 2.48 bits per heavy atom. The van der Waals surface area contributed by atoms with E-state index in [4.69, 9.17) is 4.52 Å². The van der Waals surface area contributed by atoms with Crippen molar-refractivity contribution in [3.05, 3.63) is 47.1 Å². The molecule has 0 aliphatic carbocycles. The Morgan fingerprint density at radius 1 is 1.20 bits per heavy atom. The maximum atomic E-state index is 4.94. The molecule has 2 rings (SSSR count). The highest BCUT2D eigenvalue weighted by molar-refractivity contribution is 14.0. The number of hydrogen-bond donors (Lipinski definition) is 2. The average Bonchev–Trinajstić information content (AvgIpc) is 3.00. The van der Waals surface area contributed by atoms with Crippen molar-refractivity contribution in [1.29, 1.82) is 0 Å². The minimum Gasteiger partial charge on any atom is -0.356 e. The first-order valence-electron chi connectivity index (χ1n) is 8.41. The van der Waals surface area contributed by atoms with Crippen molar-refractivity contribution in [3.63, 3.8) is 0 Å². The normalized spacial score (nSPS) is 11.3. The van der Waals surface area contributed by atoms with Crippen LogP contribution in [0.3, 0.4) is 0 Å². The molecular weight excluding hydrogens is 429 g/mol. The molecule has 0 aliphatic rings. The summed E-state index contributed by atoms with van der Waals surface area (Å²) in [6.07, 6.45) is 2.09. The summed E-state index contributed by atoms with van der Waals surface area (Å²) in [6.45, 7) is 7.56. The van der Waals surface area contributed by atoms with E-state index in [-0.39, 0.29) is 24.0 Å². The molecule has 6 nitrogen and oxygen atoms in total. The summed E-state index contributed by atoms with van der Waals surface area (Å²) in [6, 6.07) is 8.89. The van der Waals surface area contributed by atoms with Crippen molar-refractivity contribution < 1.29 is 4.52 Å². The van der Waals surface area contributed by atoms with Crippen molar-refractivity contribution in [1.82, 2.24) is 20.8 Å². The van der Waals surface area contributed by atoms with Gasteiger partial charge < -0.3 is 15.2 Å². The molecule has 0 atom stereocenters. The van der Waals surface area contributed by atoms with Crippen LogP contribution in [0.5, 0.6) is 0 Å². The zero-order chi connectivity index (χ0) is 17.4. The lowest BCUT2D eigenvalue weighted by atomic mass is 10.0. The number of hydrogen-bond acceptors (Lipinski definition) is 4. The first-order chi connectivity index (χ1) is 11.6. The van der Waals surface area contributed by atoms with Gasteiger partial charge >= 0.3 is 0 Å². The topological polar surface area (TPSA) is 75.3 Å². The Labute approximate surface area is 166 Å². The van der Waals surface area contributed by atoms with Crippen LogP contribution in [0.2, 0.25) is 0 Å². The summed E-state index contributed by atoms with van der Waals surface area (Å²) in [5, 5.41) is 10.3. The molecule has 0 saturated heterocycles. The number of halogens is 1. The van der Waals surface area contributed by atoms with E-state index in [1.54, 1.807) is 14.0 Å². The fourth-order valence-electron chi connectivity index (χ4n) is 2.37. The maximum Gasteiger partial charge on any atom is 0.223 e. The maximum absolute atomic E-state index is 4.94. The van der Waals surface area contributed by atoms with Crippen molar-refractivity contribution in [2.45, 2.75) is 46.1 Å². The molecule has 7 heteroatoms. The standard InChI is InChI=1S/C18H27N5O.HI/c1-13(2)16-9-7-15(8-10-16)6-5-11-20-18(19-4)21-12-17-22-14(3)24-23-17;/h7-10,13H,5-6,11-12H2,1-4H3,(H2,19,20,21);1H. The third-order valence-corrected chi connectivity index (χ3v) is 3.79. The molecule has 1 aromatic heterocycles. The molecule has 0 unspecified atom stereocenters. The van der Waals surface area contributed by atoms with Crippen LogP contribution in [0.1, 0.15) is 49.0 Å². The molecule has 0 saturated carbocycles. The van der Waals surface area contributed by atoms with Crippen LogP contribution in [0.25, 0.3) is 0 Å². The molecule has 1 heterocycles. The monoisotopic (exact) mass is 457 g/mol. The molecule has 0 spiro atoms.